The molecule has 4 rings (SSSR count). The largest absolute Gasteiger partial charge is 0.357 e. The van der Waals surface area contributed by atoms with Crippen LogP contribution in [-0.4, -0.2) is 23.0 Å². The second kappa shape index (κ2) is 4.10. The van der Waals surface area contributed by atoms with Crippen molar-refractivity contribution < 1.29 is 0 Å². The van der Waals surface area contributed by atoms with Crippen LogP contribution in [0.15, 0.2) is 48.6 Å². The van der Waals surface area contributed by atoms with Gasteiger partial charge in [0.05, 0.1) is 6.04 Å². The summed E-state index contributed by atoms with van der Waals surface area (Å²) in [7, 11) is 0. The van der Waals surface area contributed by atoms with Gasteiger partial charge in [0.1, 0.15) is 0 Å². The third-order valence-electron chi connectivity index (χ3n) is 4.52. The van der Waals surface area contributed by atoms with Gasteiger partial charge in [-0.1, -0.05) is 36.9 Å². The zero-order valence-corrected chi connectivity index (χ0v) is 11.0. The molecule has 0 bridgehead atoms. The molecular weight excluding hydrogens is 232 g/mol. The molecule has 3 heterocycles. The molecule has 0 amide bonds. The molecule has 2 aliphatic rings. The lowest BCUT2D eigenvalue weighted by molar-refractivity contribution is 0.190. The van der Waals surface area contributed by atoms with Crippen molar-refractivity contribution in [1.29, 1.82) is 0 Å². The fourth-order valence-corrected chi connectivity index (χ4v) is 3.53. The fraction of sp³-hybridized carbons (Fsp3) is 0.294. The Morgan fingerprint density at radius 3 is 3.11 bits per heavy atom. The van der Waals surface area contributed by atoms with Crippen molar-refractivity contribution >= 4 is 10.9 Å². The quantitative estimate of drug-likeness (QED) is 0.819. The van der Waals surface area contributed by atoms with Crippen LogP contribution < -0.4 is 0 Å². The summed E-state index contributed by atoms with van der Waals surface area (Å²) in [6, 6.07) is 9.21. The Kier molecular flexibility index (Phi) is 2.39. The predicted octanol–water partition coefficient (Wildman–Crippen LogP) is 3.58. The van der Waals surface area contributed by atoms with E-state index < -0.39 is 0 Å². The summed E-state index contributed by atoms with van der Waals surface area (Å²) in [4.78, 5) is 6.23. The van der Waals surface area contributed by atoms with Crippen LogP contribution >= 0.6 is 0 Å². The molecular formula is C17H18N2. The number of rotatable bonds is 1. The van der Waals surface area contributed by atoms with Gasteiger partial charge in [0.25, 0.3) is 0 Å². The average molecular weight is 250 g/mol. The minimum atomic E-state index is 0.528. The summed E-state index contributed by atoms with van der Waals surface area (Å²) < 4.78 is 0. The molecule has 2 heteroatoms. The van der Waals surface area contributed by atoms with Gasteiger partial charge in [-0.25, -0.2) is 0 Å². The number of aromatic amines is 1. The molecule has 1 aromatic carbocycles. The maximum atomic E-state index is 3.90. The zero-order chi connectivity index (χ0) is 12.8. The van der Waals surface area contributed by atoms with E-state index in [0.29, 0.717) is 6.04 Å². The number of nitrogens with one attached hydrogen (secondary N) is 1. The Morgan fingerprint density at radius 2 is 2.21 bits per heavy atom. The van der Waals surface area contributed by atoms with Gasteiger partial charge in [-0.3, -0.25) is 4.90 Å². The highest BCUT2D eigenvalue weighted by Gasteiger charge is 2.31. The summed E-state index contributed by atoms with van der Waals surface area (Å²) in [5, 5.41) is 1.41. The lowest BCUT2D eigenvalue weighted by Gasteiger charge is -2.38. The predicted molar refractivity (Wildman–Crippen MR) is 79.2 cm³/mol. The summed E-state index contributed by atoms with van der Waals surface area (Å²) in [6.07, 6.45) is 6.59. The van der Waals surface area contributed by atoms with E-state index in [1.54, 1.807) is 0 Å². The molecule has 1 N–H and O–H groups in total. The number of aromatic nitrogens is 1. The van der Waals surface area contributed by atoms with Crippen molar-refractivity contribution in [2.75, 3.05) is 13.1 Å². The highest BCUT2D eigenvalue weighted by molar-refractivity contribution is 5.85. The minimum absolute atomic E-state index is 0.528. The molecule has 2 aliphatic heterocycles. The highest BCUT2D eigenvalue weighted by atomic mass is 15.2. The SMILES string of the molecule is C=CC1=CCC2c3[nH]c4ccccc4c3CCN2C1. The number of nitrogens with zero attached hydrogens (tertiary/aromatic N) is 1. The van der Waals surface area contributed by atoms with Crippen LogP contribution in [0.3, 0.4) is 0 Å². The Bertz CT molecular complexity index is 678. The topological polar surface area (TPSA) is 19.0 Å². The number of hydrogen-bond acceptors (Lipinski definition) is 1. The Labute approximate surface area is 113 Å². The van der Waals surface area contributed by atoms with Crippen LogP contribution in [0.4, 0.5) is 0 Å². The second-order valence-corrected chi connectivity index (χ2v) is 5.52. The molecule has 0 aliphatic carbocycles. The van der Waals surface area contributed by atoms with Crippen LogP contribution in [0.1, 0.15) is 23.7 Å². The van der Waals surface area contributed by atoms with Crippen molar-refractivity contribution in [2.24, 2.45) is 0 Å². The van der Waals surface area contributed by atoms with Gasteiger partial charge in [-0.2, -0.15) is 0 Å². The van der Waals surface area contributed by atoms with E-state index in [4.69, 9.17) is 0 Å². The van der Waals surface area contributed by atoms with E-state index in [0.717, 1.165) is 25.9 Å². The molecule has 1 aromatic heterocycles. The van der Waals surface area contributed by atoms with Crippen molar-refractivity contribution in [3.05, 3.63) is 59.8 Å². The van der Waals surface area contributed by atoms with E-state index in [-0.39, 0.29) is 0 Å². The zero-order valence-electron chi connectivity index (χ0n) is 11.0. The first-order chi connectivity index (χ1) is 9.36. The van der Waals surface area contributed by atoms with Gasteiger partial charge >= 0.3 is 0 Å². The van der Waals surface area contributed by atoms with Crippen molar-refractivity contribution in [3.63, 3.8) is 0 Å². The Hall–Kier alpha value is -1.80. The molecule has 1 unspecified atom stereocenters. The molecule has 19 heavy (non-hydrogen) atoms. The number of hydrogen-bond donors (Lipinski definition) is 1. The molecule has 0 radical (unpaired) electrons. The van der Waals surface area contributed by atoms with Gasteiger partial charge in [0.2, 0.25) is 0 Å². The van der Waals surface area contributed by atoms with Crippen LogP contribution in [0.5, 0.6) is 0 Å². The Balaban J connectivity index is 1.83. The van der Waals surface area contributed by atoms with Gasteiger partial charge < -0.3 is 4.98 Å². The minimum Gasteiger partial charge on any atom is -0.357 e. The number of benzene rings is 1. The first-order valence-corrected chi connectivity index (χ1v) is 7.02. The van der Waals surface area contributed by atoms with Gasteiger partial charge in [0, 0.05) is 29.7 Å². The normalized spacial score (nSPS) is 22.7. The van der Waals surface area contributed by atoms with E-state index in [2.05, 4.69) is 46.8 Å². The van der Waals surface area contributed by atoms with E-state index in [1.165, 1.54) is 27.7 Å². The maximum Gasteiger partial charge on any atom is 0.0539 e. The molecule has 1 atom stereocenters. The van der Waals surface area contributed by atoms with Crippen LogP contribution in [-0.2, 0) is 6.42 Å². The standard InChI is InChI=1S/C17H18N2/c1-2-12-7-8-16-17-14(9-10-19(16)11-12)13-5-3-4-6-15(13)18-17/h2-7,16,18H,1,8-11H2. The summed E-state index contributed by atoms with van der Waals surface area (Å²) in [5.41, 5.74) is 5.63. The smallest absolute Gasteiger partial charge is 0.0539 e. The third-order valence-corrected chi connectivity index (χ3v) is 4.52. The molecule has 2 nitrogen and oxygen atoms in total. The molecule has 96 valence electrons. The first kappa shape index (κ1) is 11.1. The number of H-pyrrole nitrogens is 1. The monoisotopic (exact) mass is 250 g/mol. The number of para-hydroxylation sites is 1. The Morgan fingerprint density at radius 1 is 1.32 bits per heavy atom. The molecule has 2 aromatic rings. The van der Waals surface area contributed by atoms with Crippen molar-refractivity contribution in [2.45, 2.75) is 18.9 Å². The molecule has 0 fully saturated rings. The number of fused-ring (bicyclic) bond motifs is 5. The summed E-state index contributed by atoms with van der Waals surface area (Å²) in [6.45, 7) is 6.10. The third kappa shape index (κ3) is 1.60. The first-order valence-electron chi connectivity index (χ1n) is 7.02. The summed E-state index contributed by atoms with van der Waals surface area (Å²) in [5.74, 6) is 0. The van der Waals surface area contributed by atoms with Gasteiger partial charge in [-0.15, -0.1) is 0 Å². The second-order valence-electron chi connectivity index (χ2n) is 5.52. The van der Waals surface area contributed by atoms with Crippen LogP contribution in [0, 0.1) is 0 Å². The van der Waals surface area contributed by atoms with Crippen LogP contribution in [0.25, 0.3) is 10.9 Å². The molecule has 0 saturated carbocycles. The molecule has 0 spiro atoms. The van der Waals surface area contributed by atoms with E-state index in [9.17, 15) is 0 Å². The molecule has 0 saturated heterocycles. The van der Waals surface area contributed by atoms with Gasteiger partial charge in [0.15, 0.2) is 0 Å². The van der Waals surface area contributed by atoms with E-state index >= 15 is 0 Å². The average Bonchev–Trinajstić information content (AvgIpc) is 2.85. The van der Waals surface area contributed by atoms with Crippen molar-refractivity contribution in [3.8, 4) is 0 Å². The van der Waals surface area contributed by atoms with Crippen molar-refractivity contribution in [1.82, 2.24) is 9.88 Å². The lowest BCUT2D eigenvalue weighted by atomic mass is 9.91. The van der Waals surface area contributed by atoms with E-state index in [1.807, 2.05) is 6.08 Å². The van der Waals surface area contributed by atoms with Crippen LogP contribution in [0.2, 0.25) is 0 Å². The van der Waals surface area contributed by atoms with Gasteiger partial charge in [-0.05, 0) is 30.0 Å². The summed E-state index contributed by atoms with van der Waals surface area (Å²) >= 11 is 0. The lowest BCUT2D eigenvalue weighted by Crippen LogP contribution is -2.38. The highest BCUT2D eigenvalue weighted by Crippen LogP contribution is 2.38. The fourth-order valence-electron chi connectivity index (χ4n) is 3.53. The maximum absolute atomic E-state index is 3.90.